The smallest absolute Gasteiger partial charge is 0.183 e. The largest absolute Gasteiger partial charge is 0.508 e. The number of hydrogen-bond donors (Lipinski definition) is 1. The van der Waals surface area contributed by atoms with Crippen LogP contribution < -0.4 is 4.74 Å². The zero-order valence-corrected chi connectivity index (χ0v) is 6.34. The molecule has 0 aliphatic carbocycles. The van der Waals surface area contributed by atoms with Gasteiger partial charge in [0.2, 0.25) is 0 Å². The van der Waals surface area contributed by atoms with Crippen LogP contribution in [0.25, 0.3) is 0 Å². The first kappa shape index (κ1) is 8.34. The molecule has 0 spiro atoms. The van der Waals surface area contributed by atoms with E-state index in [0.29, 0.717) is 0 Å². The lowest BCUT2D eigenvalue weighted by molar-refractivity contribution is 0.379. The second-order valence-corrected chi connectivity index (χ2v) is 2.12. The summed E-state index contributed by atoms with van der Waals surface area (Å²) < 4.78 is 17.6. The normalized spacial score (nSPS) is 9.08. The zero-order chi connectivity index (χ0) is 9.14. The molecule has 0 fully saturated rings. The van der Waals surface area contributed by atoms with Crippen molar-refractivity contribution in [3.8, 4) is 17.6 Å². The minimum Gasteiger partial charge on any atom is -0.508 e. The van der Waals surface area contributed by atoms with Crippen molar-refractivity contribution < 1.29 is 14.2 Å². The lowest BCUT2D eigenvalue weighted by atomic mass is 10.2. The summed E-state index contributed by atoms with van der Waals surface area (Å²) in [5.74, 6) is -1.07. The highest BCUT2D eigenvalue weighted by molar-refractivity contribution is 5.44. The molecule has 3 nitrogen and oxygen atoms in total. The van der Waals surface area contributed by atoms with E-state index in [0.717, 1.165) is 12.1 Å². The van der Waals surface area contributed by atoms with Crippen molar-refractivity contribution in [2.24, 2.45) is 0 Å². The predicted molar refractivity (Wildman–Crippen MR) is 39.3 cm³/mol. The van der Waals surface area contributed by atoms with Crippen LogP contribution in [-0.4, -0.2) is 12.2 Å². The molecule has 0 unspecified atom stereocenters. The molecule has 1 N–H and O–H groups in total. The van der Waals surface area contributed by atoms with E-state index < -0.39 is 5.82 Å². The number of hydrogen-bond acceptors (Lipinski definition) is 3. The van der Waals surface area contributed by atoms with Gasteiger partial charge in [0.15, 0.2) is 11.6 Å². The first-order valence-electron chi connectivity index (χ1n) is 3.15. The highest BCUT2D eigenvalue weighted by Crippen LogP contribution is 2.25. The maximum Gasteiger partial charge on any atom is 0.183 e. The van der Waals surface area contributed by atoms with Crippen LogP contribution in [0.3, 0.4) is 0 Å². The number of halogens is 1. The Morgan fingerprint density at radius 2 is 2.25 bits per heavy atom. The van der Waals surface area contributed by atoms with Gasteiger partial charge in [-0.3, -0.25) is 0 Å². The van der Waals surface area contributed by atoms with Crippen LogP contribution in [0.2, 0.25) is 0 Å². The van der Waals surface area contributed by atoms with Crippen LogP contribution in [0, 0.1) is 17.1 Å². The van der Waals surface area contributed by atoms with Gasteiger partial charge in [0, 0.05) is 12.1 Å². The number of nitrogens with zero attached hydrogens (tertiary/aromatic N) is 1. The molecule has 1 aromatic rings. The minimum absolute atomic E-state index is 0.133. The van der Waals surface area contributed by atoms with E-state index in [1.54, 1.807) is 6.07 Å². The molecule has 0 bridgehead atoms. The Morgan fingerprint density at radius 1 is 1.58 bits per heavy atom. The van der Waals surface area contributed by atoms with Crippen molar-refractivity contribution in [1.29, 1.82) is 5.26 Å². The first-order valence-corrected chi connectivity index (χ1v) is 3.15. The van der Waals surface area contributed by atoms with Gasteiger partial charge in [-0.1, -0.05) is 0 Å². The van der Waals surface area contributed by atoms with Gasteiger partial charge in [0.1, 0.15) is 11.8 Å². The molecule has 0 amide bonds. The summed E-state index contributed by atoms with van der Waals surface area (Å²) in [6.45, 7) is 0. The number of methoxy groups -OCH3 is 1. The Balaban J connectivity index is 3.34. The van der Waals surface area contributed by atoms with Gasteiger partial charge < -0.3 is 9.84 Å². The number of aromatic hydroxyl groups is 1. The topological polar surface area (TPSA) is 53.2 Å². The van der Waals surface area contributed by atoms with E-state index in [-0.39, 0.29) is 17.1 Å². The van der Waals surface area contributed by atoms with Gasteiger partial charge in [-0.15, -0.1) is 0 Å². The van der Waals surface area contributed by atoms with Gasteiger partial charge in [-0.05, 0) is 0 Å². The van der Waals surface area contributed by atoms with Crippen molar-refractivity contribution >= 4 is 0 Å². The summed E-state index contributed by atoms with van der Waals surface area (Å²) in [4.78, 5) is 0. The number of rotatable bonds is 1. The zero-order valence-electron chi connectivity index (χ0n) is 6.34. The van der Waals surface area contributed by atoms with Crippen LogP contribution in [0.5, 0.6) is 11.5 Å². The van der Waals surface area contributed by atoms with Gasteiger partial charge >= 0.3 is 0 Å². The second-order valence-electron chi connectivity index (χ2n) is 2.12. The molecular weight excluding hydrogens is 161 g/mol. The SMILES string of the molecule is COc1cc(O)cc(C#N)c1F. The molecular formula is C8H6FNO2. The highest BCUT2D eigenvalue weighted by Gasteiger charge is 2.09. The third-order valence-corrected chi connectivity index (χ3v) is 1.36. The lowest BCUT2D eigenvalue weighted by Crippen LogP contribution is -1.91. The summed E-state index contributed by atoms with van der Waals surface area (Å²) in [6.07, 6.45) is 0. The number of phenols is 1. The molecule has 0 aliphatic rings. The Morgan fingerprint density at radius 3 is 2.75 bits per heavy atom. The molecule has 4 heteroatoms. The summed E-state index contributed by atoms with van der Waals surface area (Å²) in [7, 11) is 1.26. The van der Waals surface area contributed by atoms with Crippen LogP contribution in [0.4, 0.5) is 4.39 Å². The van der Waals surface area contributed by atoms with E-state index in [9.17, 15) is 4.39 Å². The monoisotopic (exact) mass is 167 g/mol. The summed E-state index contributed by atoms with van der Waals surface area (Å²) >= 11 is 0. The molecule has 0 radical (unpaired) electrons. The lowest BCUT2D eigenvalue weighted by Gasteiger charge is -2.02. The first-order chi connectivity index (χ1) is 5.69. The van der Waals surface area contributed by atoms with Crippen LogP contribution in [-0.2, 0) is 0 Å². The van der Waals surface area contributed by atoms with Gasteiger partial charge in [0.05, 0.1) is 12.7 Å². The average Bonchev–Trinajstić information content (AvgIpc) is 2.08. The molecule has 62 valence electrons. The Hall–Kier alpha value is -1.76. The minimum atomic E-state index is -0.752. The van der Waals surface area contributed by atoms with Gasteiger partial charge in [0.25, 0.3) is 0 Å². The molecule has 0 aromatic heterocycles. The van der Waals surface area contributed by atoms with Crippen molar-refractivity contribution in [3.05, 3.63) is 23.5 Å². The summed E-state index contributed by atoms with van der Waals surface area (Å²) in [5.41, 5.74) is -0.230. The summed E-state index contributed by atoms with van der Waals surface area (Å²) in [5, 5.41) is 17.4. The van der Waals surface area contributed by atoms with Crippen molar-refractivity contribution in [1.82, 2.24) is 0 Å². The number of benzene rings is 1. The Kier molecular flexibility index (Phi) is 2.15. The Labute approximate surface area is 68.6 Å². The molecule has 0 saturated carbocycles. The third-order valence-electron chi connectivity index (χ3n) is 1.36. The molecule has 12 heavy (non-hydrogen) atoms. The molecule has 1 aromatic carbocycles. The molecule has 0 aliphatic heterocycles. The van der Waals surface area contributed by atoms with E-state index in [4.69, 9.17) is 10.4 Å². The van der Waals surface area contributed by atoms with Crippen molar-refractivity contribution in [2.45, 2.75) is 0 Å². The van der Waals surface area contributed by atoms with Crippen LogP contribution in [0.1, 0.15) is 5.56 Å². The second kappa shape index (κ2) is 3.09. The van der Waals surface area contributed by atoms with Crippen LogP contribution in [0.15, 0.2) is 12.1 Å². The van der Waals surface area contributed by atoms with E-state index in [2.05, 4.69) is 4.74 Å². The summed E-state index contributed by atoms with van der Waals surface area (Å²) in [6, 6.07) is 3.74. The fraction of sp³-hybridized carbons (Fsp3) is 0.125. The molecule has 0 heterocycles. The maximum absolute atomic E-state index is 13.0. The number of nitriles is 1. The average molecular weight is 167 g/mol. The quantitative estimate of drug-likeness (QED) is 0.688. The van der Waals surface area contributed by atoms with E-state index >= 15 is 0 Å². The molecule has 0 atom stereocenters. The van der Waals surface area contributed by atoms with E-state index in [1.807, 2.05) is 0 Å². The Bertz CT molecular complexity index is 344. The highest BCUT2D eigenvalue weighted by atomic mass is 19.1. The number of ether oxygens (including phenoxy) is 1. The number of phenolic OH excluding ortho intramolecular Hbond substituents is 1. The fourth-order valence-corrected chi connectivity index (χ4v) is 0.813. The molecule has 0 saturated heterocycles. The standard InChI is InChI=1S/C8H6FNO2/c1-12-7-3-6(11)2-5(4-10)8(7)9/h2-3,11H,1H3. The van der Waals surface area contributed by atoms with Crippen LogP contribution >= 0.6 is 0 Å². The fourth-order valence-electron chi connectivity index (χ4n) is 0.813. The van der Waals surface area contributed by atoms with Gasteiger partial charge in [-0.25, -0.2) is 4.39 Å². The maximum atomic E-state index is 13.0. The van der Waals surface area contributed by atoms with Gasteiger partial charge in [-0.2, -0.15) is 5.26 Å². The van der Waals surface area contributed by atoms with Crippen molar-refractivity contribution in [3.63, 3.8) is 0 Å². The predicted octanol–water partition coefficient (Wildman–Crippen LogP) is 1.41. The molecule has 1 rings (SSSR count). The van der Waals surface area contributed by atoms with Crippen molar-refractivity contribution in [2.75, 3.05) is 7.11 Å². The third kappa shape index (κ3) is 1.30. The van der Waals surface area contributed by atoms with E-state index in [1.165, 1.54) is 7.11 Å².